The van der Waals surface area contributed by atoms with Crippen LogP contribution in [0.3, 0.4) is 0 Å². The maximum atomic E-state index is 14.4. The lowest BCUT2D eigenvalue weighted by molar-refractivity contribution is -0.177. The van der Waals surface area contributed by atoms with Gasteiger partial charge in [0.15, 0.2) is 6.10 Å². The van der Waals surface area contributed by atoms with Crippen LogP contribution in [-0.2, 0) is 9.63 Å². The highest BCUT2D eigenvalue weighted by Gasteiger charge is 2.54. The second-order valence-electron chi connectivity index (χ2n) is 8.51. The number of rotatable bonds is 6. The lowest BCUT2D eigenvalue weighted by Gasteiger charge is -2.23. The van der Waals surface area contributed by atoms with Crippen LogP contribution in [0.15, 0.2) is 59.8 Å². The van der Waals surface area contributed by atoms with Gasteiger partial charge in [0.2, 0.25) is 5.91 Å². The summed E-state index contributed by atoms with van der Waals surface area (Å²) in [6.45, 7) is -2.31. The van der Waals surface area contributed by atoms with Gasteiger partial charge in [-0.3, -0.25) is 9.59 Å². The number of benzene rings is 3. The van der Waals surface area contributed by atoms with E-state index in [2.05, 4.69) is 10.5 Å². The predicted molar refractivity (Wildman–Crippen MR) is 132 cm³/mol. The molecule has 14 heteroatoms. The lowest BCUT2D eigenvalue weighted by atomic mass is 9.85. The van der Waals surface area contributed by atoms with E-state index in [0.29, 0.717) is 0 Å². The first-order valence-corrected chi connectivity index (χ1v) is 11.9. The molecule has 2 atom stereocenters. The molecule has 39 heavy (non-hydrogen) atoms. The molecule has 2 amide bonds. The van der Waals surface area contributed by atoms with Crippen LogP contribution in [0.4, 0.5) is 26.3 Å². The Labute approximate surface area is 226 Å². The second-order valence-corrected chi connectivity index (χ2v) is 9.38. The number of oxime groups is 1. The van der Waals surface area contributed by atoms with Gasteiger partial charge in [0.1, 0.15) is 18.2 Å². The first-order valence-electron chi connectivity index (χ1n) is 11.1. The van der Waals surface area contributed by atoms with Gasteiger partial charge in [-0.25, -0.2) is 0 Å². The number of nitrogens with zero attached hydrogens (tertiary/aromatic N) is 1. The topological polar surface area (TPSA) is 79.8 Å². The molecule has 6 nitrogen and oxygen atoms in total. The minimum atomic E-state index is -4.80. The van der Waals surface area contributed by atoms with Gasteiger partial charge in [0.05, 0.1) is 6.54 Å². The Morgan fingerprint density at radius 1 is 0.897 bits per heavy atom. The highest BCUT2D eigenvalue weighted by atomic mass is 35.5. The Balaban J connectivity index is 1.65. The molecule has 0 saturated heterocycles. The van der Waals surface area contributed by atoms with Crippen molar-refractivity contribution < 1.29 is 40.8 Å². The third kappa shape index (κ3) is 6.56. The van der Waals surface area contributed by atoms with Crippen LogP contribution in [0.1, 0.15) is 27.6 Å². The SMILES string of the molecule is O=C(CNC(=O)c1ccc(C2=NOC(c3cc(Cl)cc(Cl)c3)C2C(F)(F)F)c2ccccc12)NCC(F)(F)F. The van der Waals surface area contributed by atoms with E-state index in [0.717, 1.165) is 0 Å². The Kier molecular flexibility index (Phi) is 7.99. The zero-order valence-corrected chi connectivity index (χ0v) is 21.0. The van der Waals surface area contributed by atoms with E-state index in [1.807, 2.05) is 0 Å². The fraction of sp³-hybridized carbons (Fsp3) is 0.240. The van der Waals surface area contributed by atoms with Gasteiger partial charge in [-0.2, -0.15) is 26.3 Å². The number of amides is 2. The highest BCUT2D eigenvalue weighted by Crippen LogP contribution is 2.46. The molecule has 1 heterocycles. The van der Waals surface area contributed by atoms with Gasteiger partial charge in [-0.05, 0) is 40.6 Å². The molecule has 0 bridgehead atoms. The number of nitrogens with one attached hydrogen (secondary N) is 2. The third-order valence-corrected chi connectivity index (χ3v) is 6.20. The summed E-state index contributed by atoms with van der Waals surface area (Å²) in [6, 6.07) is 12.5. The molecule has 0 aliphatic carbocycles. The van der Waals surface area contributed by atoms with Gasteiger partial charge < -0.3 is 15.5 Å². The number of carbonyl (C=O) groups is 2. The van der Waals surface area contributed by atoms with Crippen LogP contribution >= 0.6 is 23.2 Å². The van der Waals surface area contributed by atoms with Crippen molar-refractivity contribution >= 4 is 51.5 Å². The Hall–Kier alpha value is -3.51. The summed E-state index contributed by atoms with van der Waals surface area (Å²) in [5, 5.41) is 8.28. The number of hydrogen-bond donors (Lipinski definition) is 2. The van der Waals surface area contributed by atoms with Crippen molar-refractivity contribution in [3.63, 3.8) is 0 Å². The Morgan fingerprint density at radius 2 is 1.54 bits per heavy atom. The zero-order chi connectivity index (χ0) is 28.5. The van der Waals surface area contributed by atoms with Crippen LogP contribution in [-0.4, -0.2) is 43.0 Å². The van der Waals surface area contributed by atoms with Gasteiger partial charge in [-0.15, -0.1) is 0 Å². The van der Waals surface area contributed by atoms with Gasteiger partial charge in [0.25, 0.3) is 5.91 Å². The molecule has 1 aliphatic rings. The molecule has 4 rings (SSSR count). The van der Waals surface area contributed by atoms with Crippen molar-refractivity contribution in [2.75, 3.05) is 13.1 Å². The molecular weight excluding hydrogens is 575 g/mol. The number of carbonyl (C=O) groups excluding carboxylic acids is 2. The minimum Gasteiger partial charge on any atom is -0.386 e. The van der Waals surface area contributed by atoms with Crippen molar-refractivity contribution in [3.8, 4) is 0 Å². The quantitative estimate of drug-likeness (QED) is 0.335. The smallest absolute Gasteiger partial charge is 0.386 e. The summed E-state index contributed by atoms with van der Waals surface area (Å²) in [4.78, 5) is 29.6. The number of halogens is 8. The first-order chi connectivity index (χ1) is 18.2. The molecule has 2 N–H and O–H groups in total. The van der Waals surface area contributed by atoms with Crippen molar-refractivity contribution in [2.24, 2.45) is 11.1 Å². The summed E-state index contributed by atoms with van der Waals surface area (Å²) in [5.74, 6) is -4.09. The molecule has 3 aromatic rings. The van der Waals surface area contributed by atoms with Crippen LogP contribution in [0.2, 0.25) is 10.0 Å². The molecule has 0 fully saturated rings. The third-order valence-electron chi connectivity index (χ3n) is 5.77. The van der Waals surface area contributed by atoms with Crippen LogP contribution in [0, 0.1) is 5.92 Å². The minimum absolute atomic E-state index is 0.0146. The standard InChI is InChI=1S/C25H17Cl2F6N3O3/c26-13-7-12(8-14(27)9-13)22-20(25(31,32)33)21(36-39-22)17-5-6-18(16-4-2-1-3-15(16)17)23(38)34-10-19(37)35-11-24(28,29)30/h1-9,20,22H,10-11H2,(H,34,38)(H,35,37). The van der Waals surface area contributed by atoms with E-state index in [1.165, 1.54) is 42.5 Å². The summed E-state index contributed by atoms with van der Waals surface area (Å²) in [5.41, 5.74) is -0.335. The van der Waals surface area contributed by atoms with E-state index < -0.39 is 55.0 Å². The Bertz CT molecular complexity index is 1440. The van der Waals surface area contributed by atoms with E-state index in [9.17, 15) is 35.9 Å². The highest BCUT2D eigenvalue weighted by molar-refractivity contribution is 6.34. The summed E-state index contributed by atoms with van der Waals surface area (Å²) in [7, 11) is 0. The molecule has 0 spiro atoms. The van der Waals surface area contributed by atoms with Gasteiger partial charge in [-0.1, -0.05) is 58.7 Å². The second kappa shape index (κ2) is 10.9. The number of fused-ring (bicyclic) bond motifs is 1. The molecule has 0 aromatic heterocycles. The van der Waals surface area contributed by atoms with E-state index in [4.69, 9.17) is 28.0 Å². The summed E-state index contributed by atoms with van der Waals surface area (Å²) in [6.07, 6.45) is -11.0. The molecule has 206 valence electrons. The van der Waals surface area contributed by atoms with E-state index in [-0.39, 0.29) is 37.5 Å². The Morgan fingerprint density at radius 3 is 2.15 bits per heavy atom. The largest absolute Gasteiger partial charge is 0.405 e. The fourth-order valence-corrected chi connectivity index (χ4v) is 4.69. The molecule has 3 aromatic carbocycles. The van der Waals surface area contributed by atoms with Gasteiger partial charge in [0, 0.05) is 21.2 Å². The number of alkyl halides is 6. The molecular formula is C25H17Cl2F6N3O3. The molecule has 0 radical (unpaired) electrons. The van der Waals surface area contributed by atoms with Crippen LogP contribution < -0.4 is 10.6 Å². The average Bonchev–Trinajstić information content (AvgIpc) is 3.30. The fourth-order valence-electron chi connectivity index (χ4n) is 4.15. The molecule has 0 saturated carbocycles. The predicted octanol–water partition coefficient (Wildman–Crippen LogP) is 6.21. The van der Waals surface area contributed by atoms with E-state index in [1.54, 1.807) is 17.4 Å². The average molecular weight is 592 g/mol. The van der Waals surface area contributed by atoms with Crippen molar-refractivity contribution in [2.45, 2.75) is 18.5 Å². The lowest BCUT2D eigenvalue weighted by Crippen LogP contribution is -2.40. The first kappa shape index (κ1) is 28.5. The number of hydrogen-bond acceptors (Lipinski definition) is 4. The summed E-state index contributed by atoms with van der Waals surface area (Å²) < 4.78 is 79.9. The maximum Gasteiger partial charge on any atom is 0.405 e. The summed E-state index contributed by atoms with van der Waals surface area (Å²) >= 11 is 12.0. The normalized spacial score (nSPS) is 17.5. The van der Waals surface area contributed by atoms with E-state index >= 15 is 0 Å². The van der Waals surface area contributed by atoms with Crippen LogP contribution in [0.25, 0.3) is 10.8 Å². The van der Waals surface area contributed by atoms with Crippen molar-refractivity contribution in [1.29, 1.82) is 0 Å². The van der Waals surface area contributed by atoms with Crippen molar-refractivity contribution in [1.82, 2.24) is 10.6 Å². The van der Waals surface area contributed by atoms with Gasteiger partial charge >= 0.3 is 12.4 Å². The zero-order valence-electron chi connectivity index (χ0n) is 19.5. The monoisotopic (exact) mass is 591 g/mol. The maximum absolute atomic E-state index is 14.4. The molecule has 2 unspecified atom stereocenters. The molecule has 1 aliphatic heterocycles. The van der Waals surface area contributed by atoms with Crippen molar-refractivity contribution in [3.05, 3.63) is 81.3 Å². The van der Waals surface area contributed by atoms with Crippen LogP contribution in [0.5, 0.6) is 0 Å².